The van der Waals surface area contributed by atoms with Gasteiger partial charge in [0, 0.05) is 10.3 Å². The van der Waals surface area contributed by atoms with Crippen molar-refractivity contribution in [2.24, 2.45) is 0 Å². The normalized spacial score (nSPS) is 17.6. The zero-order valence-electron chi connectivity index (χ0n) is 23.5. The third-order valence-corrected chi connectivity index (χ3v) is 22.0. The molecular formula is C23H54O3Si4. The molecule has 0 amide bonds. The van der Waals surface area contributed by atoms with E-state index in [9.17, 15) is 0 Å². The summed E-state index contributed by atoms with van der Waals surface area (Å²) in [6.07, 6.45) is 0. The Labute approximate surface area is 193 Å². The molecule has 0 fully saturated rings. The molecule has 1 atom stereocenters. The molecule has 0 N–H and O–H groups in total. The van der Waals surface area contributed by atoms with E-state index in [1.165, 1.54) is 0 Å². The van der Waals surface area contributed by atoms with E-state index < -0.39 is 33.0 Å². The van der Waals surface area contributed by atoms with Crippen LogP contribution in [0.25, 0.3) is 0 Å². The Balaban J connectivity index is 6.13. The average molecular weight is 491 g/mol. The quantitative estimate of drug-likeness (QED) is 0.275. The SMILES string of the molecule is C=C[Si](C)(OC(C)(C)[Si](C)(C)C)C(C)(C)C(C)(C)O[Si](C)(C)C(C)(C)O[Si](C)(C)C. The lowest BCUT2D eigenvalue weighted by Gasteiger charge is -2.57. The summed E-state index contributed by atoms with van der Waals surface area (Å²) in [4.78, 5) is 0. The topological polar surface area (TPSA) is 27.7 Å². The number of hydrogen-bond acceptors (Lipinski definition) is 3. The Hall–Kier alpha value is 0.488. The standard InChI is InChI=1S/C23H54O3Si4/c1-19-30(18,26-22(6,7)27(10,11)12)21(4,5)20(2,3)24-29(16,17)23(8,9)25-28(13,14)15/h19H,1H2,2-18H3. The molecule has 0 aliphatic rings. The number of rotatable bonds is 11. The van der Waals surface area contributed by atoms with Gasteiger partial charge in [0.15, 0.2) is 8.32 Å². The molecule has 0 aliphatic heterocycles. The smallest absolute Gasteiger partial charge is 0.222 e. The van der Waals surface area contributed by atoms with Gasteiger partial charge in [0.1, 0.15) is 0 Å². The van der Waals surface area contributed by atoms with Crippen molar-refractivity contribution in [2.45, 2.75) is 135 Å². The van der Waals surface area contributed by atoms with Crippen LogP contribution in [0.4, 0.5) is 0 Å². The first-order valence-corrected chi connectivity index (χ1v) is 23.7. The fourth-order valence-electron chi connectivity index (χ4n) is 3.48. The molecule has 0 saturated carbocycles. The Bertz CT molecular complexity index is 611. The van der Waals surface area contributed by atoms with Crippen LogP contribution >= 0.6 is 0 Å². The van der Waals surface area contributed by atoms with Crippen LogP contribution in [0, 0.1) is 0 Å². The lowest BCUT2D eigenvalue weighted by atomic mass is 9.94. The molecular weight excluding hydrogens is 437 g/mol. The maximum Gasteiger partial charge on any atom is 0.222 e. The minimum Gasteiger partial charge on any atom is -0.413 e. The first-order chi connectivity index (χ1) is 12.7. The van der Waals surface area contributed by atoms with E-state index in [-0.39, 0.29) is 21.1 Å². The van der Waals surface area contributed by atoms with Crippen molar-refractivity contribution in [1.82, 2.24) is 0 Å². The highest BCUT2D eigenvalue weighted by atomic mass is 28.4. The van der Waals surface area contributed by atoms with Gasteiger partial charge < -0.3 is 13.3 Å². The summed E-state index contributed by atoms with van der Waals surface area (Å²) in [6.45, 7) is 43.1. The predicted octanol–water partition coefficient (Wildman–Crippen LogP) is 7.91. The van der Waals surface area contributed by atoms with Crippen LogP contribution in [0.1, 0.15) is 55.4 Å². The van der Waals surface area contributed by atoms with Crippen LogP contribution in [0.3, 0.4) is 0 Å². The molecule has 0 saturated heterocycles. The van der Waals surface area contributed by atoms with Crippen LogP contribution in [0.5, 0.6) is 0 Å². The van der Waals surface area contributed by atoms with E-state index in [0.717, 1.165) is 0 Å². The second kappa shape index (κ2) is 8.69. The summed E-state index contributed by atoms with van der Waals surface area (Å²) >= 11 is 0. The van der Waals surface area contributed by atoms with Gasteiger partial charge in [-0.2, -0.15) is 0 Å². The molecule has 0 spiro atoms. The monoisotopic (exact) mass is 490 g/mol. The van der Waals surface area contributed by atoms with Crippen molar-refractivity contribution >= 4 is 33.0 Å². The van der Waals surface area contributed by atoms with Crippen LogP contribution in [0.2, 0.25) is 64.0 Å². The summed E-state index contributed by atoms with van der Waals surface area (Å²) in [5, 5.41) is -0.587. The van der Waals surface area contributed by atoms with Gasteiger partial charge >= 0.3 is 0 Å². The van der Waals surface area contributed by atoms with Gasteiger partial charge in [-0.15, -0.1) is 6.58 Å². The van der Waals surface area contributed by atoms with E-state index in [1.807, 2.05) is 0 Å². The minimum absolute atomic E-state index is 0.136. The van der Waals surface area contributed by atoms with Crippen LogP contribution in [-0.2, 0) is 13.3 Å². The second-order valence-corrected chi connectivity index (χ2v) is 32.3. The van der Waals surface area contributed by atoms with E-state index in [0.29, 0.717) is 0 Å². The molecule has 180 valence electrons. The second-order valence-electron chi connectivity index (χ2n) is 13.6. The lowest BCUT2D eigenvalue weighted by Crippen LogP contribution is -2.66. The van der Waals surface area contributed by atoms with Crippen molar-refractivity contribution in [2.75, 3.05) is 0 Å². The Morgan fingerprint density at radius 1 is 0.600 bits per heavy atom. The molecule has 0 aromatic heterocycles. The first-order valence-electron chi connectivity index (χ1n) is 11.4. The summed E-state index contributed by atoms with van der Waals surface area (Å²) in [6, 6.07) is 0. The third kappa shape index (κ3) is 6.51. The summed E-state index contributed by atoms with van der Waals surface area (Å²) in [7, 11) is -7.82. The van der Waals surface area contributed by atoms with Crippen LogP contribution in [-0.4, -0.2) is 49.1 Å². The fraction of sp³-hybridized carbons (Fsp3) is 0.913. The molecule has 0 aromatic rings. The third-order valence-electron chi connectivity index (χ3n) is 7.93. The molecule has 0 rings (SSSR count). The highest BCUT2D eigenvalue weighted by Crippen LogP contribution is 2.53. The van der Waals surface area contributed by atoms with Gasteiger partial charge in [0.2, 0.25) is 16.6 Å². The molecule has 0 radical (unpaired) electrons. The predicted molar refractivity (Wildman–Crippen MR) is 146 cm³/mol. The van der Waals surface area contributed by atoms with Gasteiger partial charge in [-0.3, -0.25) is 0 Å². The molecule has 0 heterocycles. The Morgan fingerprint density at radius 3 is 1.30 bits per heavy atom. The summed E-state index contributed by atoms with van der Waals surface area (Å²) < 4.78 is 20.8. The minimum atomic E-state index is -2.37. The van der Waals surface area contributed by atoms with Crippen LogP contribution < -0.4 is 0 Å². The maximum absolute atomic E-state index is 7.10. The zero-order chi connectivity index (χ0) is 24.8. The van der Waals surface area contributed by atoms with Crippen molar-refractivity contribution in [3.8, 4) is 0 Å². The zero-order valence-corrected chi connectivity index (χ0v) is 27.5. The van der Waals surface area contributed by atoms with E-state index >= 15 is 0 Å². The summed E-state index contributed by atoms with van der Waals surface area (Å²) in [5.41, 5.74) is 1.74. The van der Waals surface area contributed by atoms with Gasteiger partial charge in [-0.1, -0.05) is 39.2 Å². The number of hydrogen-bond donors (Lipinski definition) is 0. The molecule has 30 heavy (non-hydrogen) atoms. The van der Waals surface area contributed by atoms with Crippen LogP contribution in [0.15, 0.2) is 12.3 Å². The lowest BCUT2D eigenvalue weighted by molar-refractivity contribution is 0.0174. The molecule has 3 nitrogen and oxygen atoms in total. The largest absolute Gasteiger partial charge is 0.413 e. The first kappa shape index (κ1) is 30.5. The highest BCUT2D eigenvalue weighted by molar-refractivity contribution is 6.84. The van der Waals surface area contributed by atoms with E-state index in [4.69, 9.17) is 13.3 Å². The molecule has 0 aliphatic carbocycles. The fourth-order valence-corrected chi connectivity index (χ4v) is 13.8. The maximum atomic E-state index is 7.10. The molecule has 1 unspecified atom stereocenters. The van der Waals surface area contributed by atoms with Gasteiger partial charge in [0.25, 0.3) is 0 Å². The van der Waals surface area contributed by atoms with Gasteiger partial charge in [-0.05, 0) is 80.8 Å². The highest BCUT2D eigenvalue weighted by Gasteiger charge is 2.59. The summed E-state index contributed by atoms with van der Waals surface area (Å²) in [5.74, 6) is 0. The van der Waals surface area contributed by atoms with E-state index in [2.05, 4.69) is 127 Å². The Kier molecular flexibility index (Phi) is 8.83. The average Bonchev–Trinajstić information content (AvgIpc) is 2.41. The Morgan fingerprint density at radius 2 is 1.00 bits per heavy atom. The molecule has 0 aromatic carbocycles. The molecule has 7 heteroatoms. The van der Waals surface area contributed by atoms with Crippen molar-refractivity contribution in [3.05, 3.63) is 12.3 Å². The van der Waals surface area contributed by atoms with Gasteiger partial charge in [0.05, 0.1) is 18.9 Å². The van der Waals surface area contributed by atoms with E-state index in [1.54, 1.807) is 0 Å². The molecule has 0 bridgehead atoms. The van der Waals surface area contributed by atoms with Crippen molar-refractivity contribution < 1.29 is 13.3 Å². The van der Waals surface area contributed by atoms with Crippen molar-refractivity contribution in [1.29, 1.82) is 0 Å². The van der Waals surface area contributed by atoms with Crippen molar-refractivity contribution in [3.63, 3.8) is 0 Å². The van der Waals surface area contributed by atoms with Gasteiger partial charge in [-0.25, -0.2) is 0 Å².